The Morgan fingerprint density at radius 3 is 2.69 bits per heavy atom. The summed E-state index contributed by atoms with van der Waals surface area (Å²) in [5, 5.41) is 0. The number of hydrogen-bond donors (Lipinski definition) is 0. The van der Waals surface area contributed by atoms with Gasteiger partial charge in [-0.05, 0) is 12.5 Å². The molecule has 76 valence electrons. The smallest absolute Gasteiger partial charge is 0.122 e. The molecule has 0 aromatic rings. The molecule has 0 bridgehead atoms. The summed E-state index contributed by atoms with van der Waals surface area (Å²) < 4.78 is 4.99. The molecule has 0 amide bonds. The standard InChI is InChI=1S/C10H20N2O/c1-5-6-7-10(11-2)12(3)8-9-13-4/h6-7H,5,8-9H2,1-4H3/b7-6-,11-10?. The number of hydrogen-bond acceptors (Lipinski definition) is 2. The van der Waals surface area contributed by atoms with Gasteiger partial charge in [-0.3, -0.25) is 4.99 Å². The molecule has 0 aromatic carbocycles. The Morgan fingerprint density at radius 1 is 1.54 bits per heavy atom. The first-order chi connectivity index (χ1) is 6.26. The third kappa shape index (κ3) is 5.42. The topological polar surface area (TPSA) is 24.8 Å². The molecule has 0 saturated carbocycles. The Bertz CT molecular complexity index is 176. The SMILES string of the molecule is CC/C=C\C(=NC)N(C)CCOC. The summed E-state index contributed by atoms with van der Waals surface area (Å²) in [6.07, 6.45) is 5.18. The van der Waals surface area contributed by atoms with Gasteiger partial charge in [-0.1, -0.05) is 13.0 Å². The van der Waals surface area contributed by atoms with E-state index < -0.39 is 0 Å². The van der Waals surface area contributed by atoms with Crippen LogP contribution in [0.3, 0.4) is 0 Å². The van der Waals surface area contributed by atoms with Crippen LogP contribution in [0, 0.1) is 0 Å². The molecule has 0 rings (SSSR count). The Hall–Kier alpha value is -0.830. The summed E-state index contributed by atoms with van der Waals surface area (Å²) in [6.45, 7) is 3.71. The number of likely N-dealkylation sites (N-methyl/N-ethyl adjacent to an activating group) is 1. The maximum absolute atomic E-state index is 4.99. The van der Waals surface area contributed by atoms with Gasteiger partial charge in [-0.15, -0.1) is 0 Å². The van der Waals surface area contributed by atoms with Gasteiger partial charge in [0, 0.05) is 27.7 Å². The second-order valence-electron chi connectivity index (χ2n) is 2.81. The van der Waals surface area contributed by atoms with Crippen molar-refractivity contribution in [3.63, 3.8) is 0 Å². The quantitative estimate of drug-likeness (QED) is 0.478. The van der Waals surface area contributed by atoms with E-state index in [1.165, 1.54) is 0 Å². The predicted octanol–water partition coefficient (Wildman–Crippen LogP) is 1.56. The van der Waals surface area contributed by atoms with Gasteiger partial charge in [-0.25, -0.2) is 0 Å². The molecule has 3 nitrogen and oxygen atoms in total. The molecule has 3 heteroatoms. The first-order valence-corrected chi connectivity index (χ1v) is 4.59. The van der Waals surface area contributed by atoms with Gasteiger partial charge < -0.3 is 9.64 Å². The molecule has 0 aliphatic rings. The van der Waals surface area contributed by atoms with Gasteiger partial charge >= 0.3 is 0 Å². The normalized spacial score (nSPS) is 12.5. The molecular formula is C10H20N2O. The molecule has 0 spiro atoms. The van der Waals surface area contributed by atoms with Crippen molar-refractivity contribution in [2.24, 2.45) is 4.99 Å². The van der Waals surface area contributed by atoms with Crippen LogP contribution in [-0.4, -0.2) is 45.1 Å². The van der Waals surface area contributed by atoms with Crippen molar-refractivity contribution in [3.8, 4) is 0 Å². The summed E-state index contributed by atoms with van der Waals surface area (Å²) >= 11 is 0. The number of methoxy groups -OCH3 is 1. The number of aliphatic imine (C=N–C) groups is 1. The zero-order chi connectivity index (χ0) is 10.1. The highest BCUT2D eigenvalue weighted by molar-refractivity contribution is 5.92. The minimum atomic E-state index is 0.732. The number of ether oxygens (including phenoxy) is 1. The van der Waals surface area contributed by atoms with Crippen LogP contribution >= 0.6 is 0 Å². The molecule has 0 aromatic heterocycles. The lowest BCUT2D eigenvalue weighted by Crippen LogP contribution is -2.28. The summed E-state index contributed by atoms with van der Waals surface area (Å²) in [4.78, 5) is 6.26. The fourth-order valence-electron chi connectivity index (χ4n) is 0.939. The van der Waals surface area contributed by atoms with E-state index in [4.69, 9.17) is 4.74 Å². The molecule has 0 atom stereocenters. The van der Waals surface area contributed by atoms with Crippen molar-refractivity contribution >= 4 is 5.84 Å². The highest BCUT2D eigenvalue weighted by Crippen LogP contribution is 1.91. The van der Waals surface area contributed by atoms with Crippen molar-refractivity contribution in [2.45, 2.75) is 13.3 Å². The summed E-state index contributed by atoms with van der Waals surface area (Å²) in [6, 6.07) is 0. The number of nitrogens with zero attached hydrogens (tertiary/aromatic N) is 2. The van der Waals surface area contributed by atoms with Gasteiger partial charge in [0.2, 0.25) is 0 Å². The first-order valence-electron chi connectivity index (χ1n) is 4.59. The van der Waals surface area contributed by atoms with E-state index in [-0.39, 0.29) is 0 Å². The first kappa shape index (κ1) is 12.2. The van der Waals surface area contributed by atoms with E-state index in [2.05, 4.69) is 22.9 Å². The molecule has 0 aliphatic carbocycles. The third-order valence-electron chi connectivity index (χ3n) is 1.75. The number of rotatable bonds is 5. The Balaban J connectivity index is 4.01. The molecule has 0 radical (unpaired) electrons. The predicted molar refractivity (Wildman–Crippen MR) is 57.3 cm³/mol. The molecule has 0 unspecified atom stereocenters. The van der Waals surface area contributed by atoms with Crippen molar-refractivity contribution in [2.75, 3.05) is 34.4 Å². The molecule has 0 aliphatic heterocycles. The number of amidine groups is 1. The molecular weight excluding hydrogens is 164 g/mol. The Morgan fingerprint density at radius 2 is 2.23 bits per heavy atom. The van der Waals surface area contributed by atoms with Gasteiger partial charge in [0.05, 0.1) is 6.61 Å². The summed E-state index contributed by atoms with van der Waals surface area (Å²) in [5.41, 5.74) is 0. The summed E-state index contributed by atoms with van der Waals surface area (Å²) in [5.74, 6) is 0.999. The van der Waals surface area contributed by atoms with E-state index in [1.54, 1.807) is 14.2 Å². The fourth-order valence-corrected chi connectivity index (χ4v) is 0.939. The second-order valence-corrected chi connectivity index (χ2v) is 2.81. The van der Waals surface area contributed by atoms with Crippen LogP contribution in [0.2, 0.25) is 0 Å². The average molecular weight is 184 g/mol. The Labute approximate surface area is 81.1 Å². The van der Waals surface area contributed by atoms with Crippen molar-refractivity contribution in [1.82, 2.24) is 4.90 Å². The Kier molecular flexibility index (Phi) is 7.30. The van der Waals surface area contributed by atoms with Crippen LogP contribution in [0.4, 0.5) is 0 Å². The van der Waals surface area contributed by atoms with Crippen LogP contribution < -0.4 is 0 Å². The van der Waals surface area contributed by atoms with Crippen molar-refractivity contribution in [3.05, 3.63) is 12.2 Å². The van der Waals surface area contributed by atoms with E-state index in [0.29, 0.717) is 0 Å². The minimum absolute atomic E-state index is 0.732. The molecule has 0 N–H and O–H groups in total. The van der Waals surface area contributed by atoms with Crippen molar-refractivity contribution < 1.29 is 4.74 Å². The molecule has 0 fully saturated rings. The zero-order valence-electron chi connectivity index (χ0n) is 9.08. The van der Waals surface area contributed by atoms with Crippen molar-refractivity contribution in [1.29, 1.82) is 0 Å². The maximum Gasteiger partial charge on any atom is 0.122 e. The molecule has 13 heavy (non-hydrogen) atoms. The van der Waals surface area contributed by atoms with Gasteiger partial charge in [-0.2, -0.15) is 0 Å². The third-order valence-corrected chi connectivity index (χ3v) is 1.75. The highest BCUT2D eigenvalue weighted by atomic mass is 16.5. The monoisotopic (exact) mass is 184 g/mol. The van der Waals surface area contributed by atoms with E-state index in [9.17, 15) is 0 Å². The zero-order valence-corrected chi connectivity index (χ0v) is 9.08. The van der Waals surface area contributed by atoms with E-state index in [0.717, 1.165) is 25.4 Å². The van der Waals surface area contributed by atoms with E-state index in [1.807, 2.05) is 13.1 Å². The van der Waals surface area contributed by atoms with Crippen LogP contribution in [0.25, 0.3) is 0 Å². The molecule has 0 saturated heterocycles. The molecule has 0 heterocycles. The average Bonchev–Trinajstić information content (AvgIpc) is 2.16. The van der Waals surface area contributed by atoms with E-state index >= 15 is 0 Å². The highest BCUT2D eigenvalue weighted by Gasteiger charge is 1.99. The lowest BCUT2D eigenvalue weighted by Gasteiger charge is -2.17. The fraction of sp³-hybridized carbons (Fsp3) is 0.700. The lowest BCUT2D eigenvalue weighted by molar-refractivity contribution is 0.183. The van der Waals surface area contributed by atoms with Crippen LogP contribution in [0.1, 0.15) is 13.3 Å². The largest absolute Gasteiger partial charge is 0.383 e. The minimum Gasteiger partial charge on any atom is -0.383 e. The van der Waals surface area contributed by atoms with Crippen LogP contribution in [0.15, 0.2) is 17.1 Å². The van der Waals surface area contributed by atoms with Gasteiger partial charge in [0.1, 0.15) is 5.84 Å². The number of allylic oxidation sites excluding steroid dienone is 1. The van der Waals surface area contributed by atoms with Gasteiger partial charge in [0.25, 0.3) is 0 Å². The van der Waals surface area contributed by atoms with Gasteiger partial charge in [0.15, 0.2) is 0 Å². The van der Waals surface area contributed by atoms with Crippen LogP contribution in [0.5, 0.6) is 0 Å². The maximum atomic E-state index is 4.99. The lowest BCUT2D eigenvalue weighted by atomic mass is 10.3. The summed E-state index contributed by atoms with van der Waals surface area (Å²) in [7, 11) is 5.53. The van der Waals surface area contributed by atoms with Crippen LogP contribution in [-0.2, 0) is 4.74 Å². The second kappa shape index (κ2) is 7.80.